The molecule has 20 heavy (non-hydrogen) atoms. The van der Waals surface area contributed by atoms with E-state index >= 15 is 0 Å². The molecule has 0 bridgehead atoms. The molecule has 2 aromatic rings. The summed E-state index contributed by atoms with van der Waals surface area (Å²) in [6.07, 6.45) is 2.32. The van der Waals surface area contributed by atoms with Crippen LogP contribution in [0.4, 0.5) is 0 Å². The Hall–Kier alpha value is -2.10. The summed E-state index contributed by atoms with van der Waals surface area (Å²) in [7, 11) is 0. The average Bonchev–Trinajstić information content (AvgIpc) is 3.16. The number of carboxylic acids is 1. The van der Waals surface area contributed by atoms with E-state index < -0.39 is 5.97 Å². The Balaban J connectivity index is 2.18. The molecular weight excluding hydrogens is 254 g/mol. The van der Waals surface area contributed by atoms with Gasteiger partial charge in [-0.05, 0) is 24.3 Å². The van der Waals surface area contributed by atoms with Crippen molar-refractivity contribution in [1.29, 1.82) is 0 Å². The minimum absolute atomic E-state index is 0.00422. The van der Waals surface area contributed by atoms with Gasteiger partial charge in [0.25, 0.3) is 0 Å². The van der Waals surface area contributed by atoms with Gasteiger partial charge in [0.2, 0.25) is 0 Å². The van der Waals surface area contributed by atoms with E-state index in [1.54, 1.807) is 0 Å². The third kappa shape index (κ3) is 2.11. The number of hydrogen-bond acceptors (Lipinski definition) is 3. The van der Waals surface area contributed by atoms with Crippen LogP contribution < -0.4 is 0 Å². The number of carboxylic acid groups (broad SMARTS) is 1. The Bertz CT molecular complexity index is 653. The van der Waals surface area contributed by atoms with E-state index in [4.69, 9.17) is 4.52 Å². The van der Waals surface area contributed by atoms with Crippen LogP contribution in [-0.4, -0.2) is 16.2 Å². The summed E-state index contributed by atoms with van der Waals surface area (Å²) in [6, 6.07) is 7.89. The fourth-order valence-corrected chi connectivity index (χ4v) is 2.55. The van der Waals surface area contributed by atoms with Gasteiger partial charge in [0.1, 0.15) is 11.3 Å². The molecule has 1 aliphatic rings. The van der Waals surface area contributed by atoms with Crippen molar-refractivity contribution < 1.29 is 14.4 Å². The highest BCUT2D eigenvalue weighted by molar-refractivity contribution is 5.96. The van der Waals surface area contributed by atoms with E-state index in [0.717, 1.165) is 18.4 Å². The second-order valence-corrected chi connectivity index (χ2v) is 5.59. The van der Waals surface area contributed by atoms with Crippen LogP contribution in [0.15, 0.2) is 28.8 Å². The second kappa shape index (κ2) is 4.78. The van der Waals surface area contributed by atoms with E-state index in [1.807, 2.05) is 32.0 Å². The maximum Gasteiger partial charge on any atom is 0.341 e. The van der Waals surface area contributed by atoms with Gasteiger partial charge in [0.15, 0.2) is 5.76 Å². The molecule has 1 heterocycles. The summed E-state index contributed by atoms with van der Waals surface area (Å²) in [6.45, 7) is 3.81. The zero-order valence-electron chi connectivity index (χ0n) is 11.6. The molecule has 0 radical (unpaired) electrons. The lowest BCUT2D eigenvalue weighted by atomic mass is 9.96. The molecule has 1 N–H and O–H groups in total. The van der Waals surface area contributed by atoms with Crippen LogP contribution in [0.2, 0.25) is 0 Å². The van der Waals surface area contributed by atoms with Crippen molar-refractivity contribution in [1.82, 2.24) is 5.16 Å². The third-order valence-electron chi connectivity index (χ3n) is 3.69. The van der Waals surface area contributed by atoms with Crippen molar-refractivity contribution in [3.8, 4) is 11.3 Å². The molecule has 0 saturated heterocycles. The monoisotopic (exact) mass is 271 g/mol. The summed E-state index contributed by atoms with van der Waals surface area (Å²) in [5.41, 5.74) is 2.73. The number of carbonyl (C=O) groups is 1. The maximum atomic E-state index is 11.6. The van der Waals surface area contributed by atoms with Crippen molar-refractivity contribution >= 4 is 5.97 Å². The Morgan fingerprint density at radius 1 is 1.35 bits per heavy atom. The van der Waals surface area contributed by atoms with Crippen LogP contribution in [0.25, 0.3) is 11.3 Å². The standard InChI is InChI=1S/C16H17NO3/c1-9(2)15-13(16(18)19)14(17-20-15)12-6-4-3-5-11(12)10-7-8-10/h3-6,9-10H,7-8H2,1-2H3,(H,18,19). The van der Waals surface area contributed by atoms with Crippen LogP contribution in [0.5, 0.6) is 0 Å². The predicted molar refractivity (Wildman–Crippen MR) is 75.0 cm³/mol. The summed E-state index contributed by atoms with van der Waals surface area (Å²) in [5, 5.41) is 13.5. The first-order valence-electron chi connectivity index (χ1n) is 6.91. The van der Waals surface area contributed by atoms with Gasteiger partial charge in [-0.3, -0.25) is 0 Å². The Morgan fingerprint density at radius 3 is 2.65 bits per heavy atom. The highest BCUT2D eigenvalue weighted by Crippen LogP contribution is 2.45. The van der Waals surface area contributed by atoms with E-state index in [-0.39, 0.29) is 11.5 Å². The molecule has 0 unspecified atom stereocenters. The van der Waals surface area contributed by atoms with Crippen molar-refractivity contribution in [3.63, 3.8) is 0 Å². The molecule has 0 spiro atoms. The topological polar surface area (TPSA) is 63.3 Å². The molecule has 0 amide bonds. The zero-order valence-corrected chi connectivity index (χ0v) is 11.6. The van der Waals surface area contributed by atoms with Gasteiger partial charge >= 0.3 is 5.97 Å². The Labute approximate surface area is 117 Å². The van der Waals surface area contributed by atoms with E-state index in [1.165, 1.54) is 5.56 Å². The zero-order chi connectivity index (χ0) is 14.3. The smallest absolute Gasteiger partial charge is 0.341 e. The van der Waals surface area contributed by atoms with E-state index in [9.17, 15) is 9.90 Å². The lowest BCUT2D eigenvalue weighted by Crippen LogP contribution is -2.03. The minimum Gasteiger partial charge on any atom is -0.477 e. The van der Waals surface area contributed by atoms with Gasteiger partial charge in [-0.25, -0.2) is 4.79 Å². The molecule has 0 aliphatic heterocycles. The molecule has 104 valence electrons. The normalized spacial score (nSPS) is 14.8. The molecular formula is C16H17NO3. The predicted octanol–water partition coefficient (Wildman–Crippen LogP) is 4.04. The van der Waals surface area contributed by atoms with Crippen LogP contribution in [-0.2, 0) is 0 Å². The molecule has 1 aromatic heterocycles. The fourth-order valence-electron chi connectivity index (χ4n) is 2.55. The first-order valence-corrected chi connectivity index (χ1v) is 6.91. The summed E-state index contributed by atoms with van der Waals surface area (Å²) in [4.78, 5) is 11.6. The van der Waals surface area contributed by atoms with Crippen LogP contribution in [0.1, 0.15) is 60.2 Å². The van der Waals surface area contributed by atoms with E-state index in [2.05, 4.69) is 11.2 Å². The summed E-state index contributed by atoms with van der Waals surface area (Å²) >= 11 is 0. The molecule has 0 atom stereocenters. The quantitative estimate of drug-likeness (QED) is 0.911. The molecule has 1 aromatic carbocycles. The number of aromatic carboxylic acids is 1. The fraction of sp³-hybridized carbons (Fsp3) is 0.375. The average molecular weight is 271 g/mol. The van der Waals surface area contributed by atoms with Crippen LogP contribution in [0.3, 0.4) is 0 Å². The van der Waals surface area contributed by atoms with E-state index in [0.29, 0.717) is 17.4 Å². The van der Waals surface area contributed by atoms with Gasteiger partial charge in [-0.2, -0.15) is 0 Å². The largest absolute Gasteiger partial charge is 0.477 e. The molecule has 1 fully saturated rings. The molecule has 1 aliphatic carbocycles. The number of rotatable bonds is 4. The highest BCUT2D eigenvalue weighted by Gasteiger charge is 2.31. The first-order chi connectivity index (χ1) is 9.59. The van der Waals surface area contributed by atoms with Gasteiger partial charge in [-0.15, -0.1) is 0 Å². The lowest BCUT2D eigenvalue weighted by Gasteiger charge is -2.07. The molecule has 4 heteroatoms. The molecule has 3 rings (SSSR count). The van der Waals surface area contributed by atoms with Crippen molar-refractivity contribution in [2.24, 2.45) is 0 Å². The summed E-state index contributed by atoms with van der Waals surface area (Å²) in [5.74, 6) is -0.00358. The van der Waals surface area contributed by atoms with Gasteiger partial charge in [0.05, 0.1) is 0 Å². The van der Waals surface area contributed by atoms with Gasteiger partial charge in [0, 0.05) is 11.5 Å². The first kappa shape index (κ1) is 12.9. The molecule has 1 saturated carbocycles. The van der Waals surface area contributed by atoms with Crippen LogP contribution in [0, 0.1) is 0 Å². The van der Waals surface area contributed by atoms with Gasteiger partial charge < -0.3 is 9.63 Å². The number of benzene rings is 1. The number of hydrogen-bond donors (Lipinski definition) is 1. The second-order valence-electron chi connectivity index (χ2n) is 5.59. The van der Waals surface area contributed by atoms with Crippen molar-refractivity contribution in [3.05, 3.63) is 41.2 Å². The van der Waals surface area contributed by atoms with Gasteiger partial charge in [-0.1, -0.05) is 43.3 Å². The number of aromatic nitrogens is 1. The number of nitrogens with zero attached hydrogens (tertiary/aromatic N) is 1. The Morgan fingerprint density at radius 2 is 2.05 bits per heavy atom. The van der Waals surface area contributed by atoms with Crippen molar-refractivity contribution in [2.75, 3.05) is 0 Å². The highest BCUT2D eigenvalue weighted by atomic mass is 16.5. The molecule has 4 nitrogen and oxygen atoms in total. The third-order valence-corrected chi connectivity index (χ3v) is 3.69. The minimum atomic E-state index is -0.976. The summed E-state index contributed by atoms with van der Waals surface area (Å²) < 4.78 is 5.30. The van der Waals surface area contributed by atoms with Crippen LogP contribution >= 0.6 is 0 Å². The Kier molecular flexibility index (Phi) is 3.08. The SMILES string of the molecule is CC(C)c1onc(-c2ccccc2C2CC2)c1C(=O)O. The lowest BCUT2D eigenvalue weighted by molar-refractivity contribution is 0.0694. The van der Waals surface area contributed by atoms with Crippen molar-refractivity contribution in [2.45, 2.75) is 38.5 Å². The maximum absolute atomic E-state index is 11.6.